The molecule has 0 bridgehead atoms. The predicted octanol–water partition coefficient (Wildman–Crippen LogP) is 3.43. The Hall–Kier alpha value is -3.61. The molecule has 7 heteroatoms. The molecule has 34 heavy (non-hydrogen) atoms. The molecule has 0 spiro atoms. The van der Waals surface area contributed by atoms with E-state index in [-0.39, 0.29) is 11.5 Å². The van der Waals surface area contributed by atoms with Gasteiger partial charge in [0.15, 0.2) is 0 Å². The Morgan fingerprint density at radius 2 is 1.76 bits per heavy atom. The maximum absolute atomic E-state index is 13.6. The summed E-state index contributed by atoms with van der Waals surface area (Å²) in [6.07, 6.45) is 1.24. The van der Waals surface area contributed by atoms with Gasteiger partial charge in [0, 0.05) is 38.3 Å². The van der Waals surface area contributed by atoms with Gasteiger partial charge in [-0.1, -0.05) is 31.2 Å². The van der Waals surface area contributed by atoms with E-state index in [0.717, 1.165) is 53.3 Å². The number of piperazine rings is 1. The summed E-state index contributed by atoms with van der Waals surface area (Å²) in [5.74, 6) is 0.797. The molecule has 2 aliphatic rings. The highest BCUT2D eigenvalue weighted by Crippen LogP contribution is 2.35. The maximum Gasteiger partial charge on any atom is 0.275 e. The Morgan fingerprint density at radius 3 is 2.44 bits per heavy atom. The van der Waals surface area contributed by atoms with Crippen molar-refractivity contribution in [3.05, 3.63) is 75.7 Å². The standard InChI is InChI=1S/C27H30N4O3/c1-4-24(26(32)30-15-13-29(14-16-30)20-9-11-21(34-3)12-10-20)31-27(33)25-22-8-6-5-7-19(22)17-23(25)18(2)28-31/h5-12,24H,4,13-17H2,1-3H3. The zero-order valence-corrected chi connectivity index (χ0v) is 20.0. The van der Waals surface area contributed by atoms with Crippen molar-refractivity contribution in [3.63, 3.8) is 0 Å². The van der Waals surface area contributed by atoms with Crippen LogP contribution < -0.4 is 15.2 Å². The summed E-state index contributed by atoms with van der Waals surface area (Å²) in [6, 6.07) is 15.4. The van der Waals surface area contributed by atoms with Gasteiger partial charge in [0.1, 0.15) is 11.8 Å². The van der Waals surface area contributed by atoms with Crippen LogP contribution in [0.5, 0.6) is 5.75 Å². The van der Waals surface area contributed by atoms with E-state index in [4.69, 9.17) is 4.74 Å². The molecular formula is C27H30N4O3. The Balaban J connectivity index is 1.37. The second-order valence-electron chi connectivity index (χ2n) is 8.96. The monoisotopic (exact) mass is 458 g/mol. The van der Waals surface area contributed by atoms with E-state index in [0.29, 0.717) is 25.1 Å². The third-order valence-electron chi connectivity index (χ3n) is 7.07. The van der Waals surface area contributed by atoms with Crippen LogP contribution in [0.1, 0.15) is 36.2 Å². The van der Waals surface area contributed by atoms with Gasteiger partial charge < -0.3 is 14.5 Å². The molecule has 1 fully saturated rings. The van der Waals surface area contributed by atoms with Crippen LogP contribution in [0.4, 0.5) is 5.69 Å². The number of anilines is 1. The first-order chi connectivity index (χ1) is 16.5. The highest BCUT2D eigenvalue weighted by molar-refractivity contribution is 5.81. The SMILES string of the molecule is CCC(C(=O)N1CCN(c2ccc(OC)cc2)CC1)n1nc(C)c2c(c1=O)-c1ccccc1C2. The van der Waals surface area contributed by atoms with Crippen LogP contribution in [-0.4, -0.2) is 53.9 Å². The van der Waals surface area contributed by atoms with Crippen molar-refractivity contribution in [3.8, 4) is 16.9 Å². The van der Waals surface area contributed by atoms with Crippen LogP contribution in [0.15, 0.2) is 53.3 Å². The minimum atomic E-state index is -0.600. The van der Waals surface area contributed by atoms with Gasteiger partial charge in [-0.25, -0.2) is 4.68 Å². The fourth-order valence-corrected chi connectivity index (χ4v) is 5.15. The number of fused-ring (bicyclic) bond motifs is 3. The molecule has 176 valence electrons. The second kappa shape index (κ2) is 8.97. The largest absolute Gasteiger partial charge is 0.497 e. The van der Waals surface area contributed by atoms with Crippen LogP contribution in [0, 0.1) is 6.92 Å². The van der Waals surface area contributed by atoms with Crippen molar-refractivity contribution < 1.29 is 9.53 Å². The third-order valence-corrected chi connectivity index (χ3v) is 7.07. The molecule has 1 saturated heterocycles. The zero-order chi connectivity index (χ0) is 23.8. The molecule has 0 N–H and O–H groups in total. The number of carbonyl (C=O) groups excluding carboxylic acids is 1. The van der Waals surface area contributed by atoms with Gasteiger partial charge in [0.05, 0.1) is 18.4 Å². The molecular weight excluding hydrogens is 428 g/mol. The number of nitrogens with zero attached hydrogens (tertiary/aromatic N) is 4. The second-order valence-corrected chi connectivity index (χ2v) is 8.96. The molecule has 5 rings (SSSR count). The first kappa shape index (κ1) is 22.2. The minimum Gasteiger partial charge on any atom is -0.497 e. The Labute approximate surface area is 199 Å². The summed E-state index contributed by atoms with van der Waals surface area (Å²) in [7, 11) is 1.66. The lowest BCUT2D eigenvalue weighted by Crippen LogP contribution is -2.51. The summed E-state index contributed by atoms with van der Waals surface area (Å²) in [5, 5.41) is 4.63. The topological polar surface area (TPSA) is 67.7 Å². The van der Waals surface area contributed by atoms with Crippen molar-refractivity contribution in [2.45, 2.75) is 32.7 Å². The Kier molecular flexibility index (Phi) is 5.86. The fraction of sp³-hybridized carbons (Fsp3) is 0.370. The van der Waals surface area contributed by atoms with Crippen LogP contribution in [0.25, 0.3) is 11.1 Å². The molecule has 1 aliphatic carbocycles. The van der Waals surface area contributed by atoms with Gasteiger partial charge >= 0.3 is 0 Å². The summed E-state index contributed by atoms with van der Waals surface area (Å²) in [5.41, 5.74) is 5.58. The highest BCUT2D eigenvalue weighted by Gasteiger charge is 2.32. The quantitative estimate of drug-likeness (QED) is 0.458. The first-order valence-corrected chi connectivity index (χ1v) is 11.9. The summed E-state index contributed by atoms with van der Waals surface area (Å²) in [6.45, 7) is 6.60. The summed E-state index contributed by atoms with van der Waals surface area (Å²) in [4.78, 5) is 31.3. The van der Waals surface area contributed by atoms with Crippen LogP contribution in [0.3, 0.4) is 0 Å². The molecule has 1 amide bonds. The molecule has 1 unspecified atom stereocenters. The first-order valence-electron chi connectivity index (χ1n) is 11.9. The van der Waals surface area contributed by atoms with E-state index >= 15 is 0 Å². The predicted molar refractivity (Wildman–Crippen MR) is 133 cm³/mol. The van der Waals surface area contributed by atoms with Crippen molar-refractivity contribution >= 4 is 11.6 Å². The number of aromatic nitrogens is 2. The van der Waals surface area contributed by atoms with Gasteiger partial charge in [-0.05, 0) is 54.3 Å². The fourth-order valence-electron chi connectivity index (χ4n) is 5.15. The number of hydrogen-bond acceptors (Lipinski definition) is 5. The van der Waals surface area contributed by atoms with E-state index in [2.05, 4.69) is 16.1 Å². The average molecular weight is 459 g/mol. The van der Waals surface area contributed by atoms with E-state index in [1.165, 1.54) is 4.68 Å². The minimum absolute atomic E-state index is 0.0305. The normalized spacial score (nSPS) is 15.6. The molecule has 3 aromatic rings. The van der Waals surface area contributed by atoms with Gasteiger partial charge in [-0.15, -0.1) is 0 Å². The molecule has 7 nitrogen and oxygen atoms in total. The molecule has 0 saturated carbocycles. The van der Waals surface area contributed by atoms with E-state index < -0.39 is 6.04 Å². The molecule has 1 aliphatic heterocycles. The Bertz CT molecular complexity index is 1270. The van der Waals surface area contributed by atoms with Crippen LogP contribution >= 0.6 is 0 Å². The Morgan fingerprint density at radius 1 is 1.06 bits per heavy atom. The summed E-state index contributed by atoms with van der Waals surface area (Å²) < 4.78 is 6.68. The van der Waals surface area contributed by atoms with Gasteiger partial charge in [-0.2, -0.15) is 5.10 Å². The lowest BCUT2D eigenvalue weighted by Gasteiger charge is -2.37. The number of ether oxygens (including phenoxy) is 1. The smallest absolute Gasteiger partial charge is 0.275 e. The maximum atomic E-state index is 13.6. The number of benzene rings is 2. The van der Waals surface area contributed by atoms with Crippen LogP contribution in [-0.2, 0) is 11.2 Å². The van der Waals surface area contributed by atoms with Gasteiger partial charge in [-0.3, -0.25) is 9.59 Å². The number of aryl methyl sites for hydroxylation is 1. The van der Waals surface area contributed by atoms with Crippen LogP contribution in [0.2, 0.25) is 0 Å². The number of rotatable bonds is 5. The van der Waals surface area contributed by atoms with E-state index in [9.17, 15) is 9.59 Å². The lowest BCUT2D eigenvalue weighted by molar-refractivity contribution is -0.135. The molecule has 1 atom stereocenters. The van der Waals surface area contributed by atoms with Gasteiger partial charge in [0.2, 0.25) is 5.91 Å². The number of amides is 1. The molecule has 2 aromatic carbocycles. The van der Waals surface area contributed by atoms with E-state index in [1.54, 1.807) is 7.11 Å². The number of hydrogen-bond donors (Lipinski definition) is 0. The third kappa shape index (κ3) is 3.75. The molecule has 0 radical (unpaired) electrons. The number of methoxy groups -OCH3 is 1. The summed E-state index contributed by atoms with van der Waals surface area (Å²) >= 11 is 0. The highest BCUT2D eigenvalue weighted by atomic mass is 16.5. The van der Waals surface area contributed by atoms with Crippen molar-refractivity contribution in [1.82, 2.24) is 14.7 Å². The van der Waals surface area contributed by atoms with E-state index in [1.807, 2.05) is 61.2 Å². The zero-order valence-electron chi connectivity index (χ0n) is 20.0. The number of carbonyl (C=O) groups is 1. The molecule has 2 heterocycles. The van der Waals surface area contributed by atoms with Crippen molar-refractivity contribution in [1.29, 1.82) is 0 Å². The molecule has 1 aromatic heterocycles. The van der Waals surface area contributed by atoms with Crippen molar-refractivity contribution in [2.24, 2.45) is 0 Å². The van der Waals surface area contributed by atoms with Crippen molar-refractivity contribution in [2.75, 3.05) is 38.2 Å². The lowest BCUT2D eigenvalue weighted by atomic mass is 10.1. The average Bonchev–Trinajstić information content (AvgIpc) is 3.28. The van der Waals surface area contributed by atoms with Gasteiger partial charge in [0.25, 0.3) is 5.56 Å².